The van der Waals surface area contributed by atoms with Crippen molar-refractivity contribution in [3.8, 4) is 0 Å². The van der Waals surface area contributed by atoms with Crippen LogP contribution in [0.1, 0.15) is 92.4 Å². The molecule has 3 aromatic carbocycles. The molecule has 3 heterocycles. The first kappa shape index (κ1) is 36.1. The van der Waals surface area contributed by atoms with Gasteiger partial charge in [0.15, 0.2) is 0 Å². The fourth-order valence-electron chi connectivity index (χ4n) is 6.79. The van der Waals surface area contributed by atoms with Gasteiger partial charge in [-0.3, -0.25) is 0 Å². The van der Waals surface area contributed by atoms with Crippen LogP contribution in [0.3, 0.4) is 0 Å². The molecule has 6 aromatic rings. The van der Waals surface area contributed by atoms with Gasteiger partial charge in [-0.15, -0.1) is 0 Å². The number of hydrogen-bond donors (Lipinski definition) is 0. The van der Waals surface area contributed by atoms with Gasteiger partial charge >= 0.3 is 311 Å². The van der Waals surface area contributed by atoms with Crippen LogP contribution in [-0.4, -0.2) is 29.3 Å². The second-order valence-electron chi connectivity index (χ2n) is 14.9. The molecular weight excluding hydrogens is 667 g/mol. The van der Waals surface area contributed by atoms with Crippen molar-refractivity contribution in [3.63, 3.8) is 0 Å². The molecule has 0 N–H and O–H groups in total. The summed E-state index contributed by atoms with van der Waals surface area (Å²) in [4.78, 5) is 2.19. The van der Waals surface area contributed by atoms with E-state index in [4.69, 9.17) is 15.3 Å². The van der Waals surface area contributed by atoms with Crippen LogP contribution in [0.25, 0.3) is 0 Å². The van der Waals surface area contributed by atoms with E-state index in [1.54, 1.807) is 0 Å². The van der Waals surface area contributed by atoms with E-state index < -0.39 is 4.69 Å². The summed E-state index contributed by atoms with van der Waals surface area (Å²) < 4.78 is 5.51. The molecule has 263 valence electrons. The Morgan fingerprint density at radius 1 is 0.510 bits per heavy atom. The molecule has 0 aliphatic rings. The van der Waals surface area contributed by atoms with Crippen LogP contribution in [0.15, 0.2) is 133 Å². The Balaban J connectivity index is 1.66. The van der Waals surface area contributed by atoms with Crippen molar-refractivity contribution in [1.29, 1.82) is 0 Å². The van der Waals surface area contributed by atoms with Gasteiger partial charge in [-0.05, 0) is 0 Å². The van der Waals surface area contributed by atoms with Gasteiger partial charge in [-0.25, -0.2) is 0 Å². The minimum atomic E-state index is -0.984. The Morgan fingerprint density at radius 2 is 0.804 bits per heavy atom. The number of nitrogens with zero attached hydrogens (tertiary/aromatic N) is 6. The first-order valence-corrected chi connectivity index (χ1v) is 18.8. The van der Waals surface area contributed by atoms with Crippen molar-refractivity contribution in [1.82, 2.24) is 29.3 Å². The zero-order valence-corrected chi connectivity index (χ0v) is 32.6. The van der Waals surface area contributed by atoms with E-state index in [9.17, 15) is 0 Å². The van der Waals surface area contributed by atoms with Crippen LogP contribution >= 0.6 is 0 Å². The predicted molar refractivity (Wildman–Crippen MR) is 205 cm³/mol. The second-order valence-corrected chi connectivity index (χ2v) is 16.5. The average Bonchev–Trinajstić information content (AvgIpc) is 3.86. The Hall–Kier alpha value is -4.71. The number of benzene rings is 3. The Kier molecular flexibility index (Phi) is 9.75. The van der Waals surface area contributed by atoms with Crippen LogP contribution in [0, 0.1) is 20.8 Å². The van der Waals surface area contributed by atoms with Gasteiger partial charge in [-0.1, -0.05) is 0 Å². The molecule has 0 spiro atoms. The Bertz CT molecular complexity index is 1920. The van der Waals surface area contributed by atoms with Gasteiger partial charge in [0.05, 0.1) is 0 Å². The molecule has 3 aromatic heterocycles. The monoisotopic (exact) mass is 717 g/mol. The van der Waals surface area contributed by atoms with E-state index >= 15 is 0 Å². The summed E-state index contributed by atoms with van der Waals surface area (Å²) in [6.45, 7) is 23.9. The van der Waals surface area contributed by atoms with Crippen molar-refractivity contribution in [2.24, 2.45) is 0 Å². The summed E-state index contributed by atoms with van der Waals surface area (Å²) in [5.74, 6) is 0. The molecule has 0 radical (unpaired) electrons. The molecule has 51 heavy (non-hydrogen) atoms. The zero-order valence-electron chi connectivity index (χ0n) is 31.4. The molecule has 0 aliphatic heterocycles. The van der Waals surface area contributed by atoms with Crippen LogP contribution < -0.4 is 0 Å². The molecule has 0 saturated carbocycles. The number of rotatable bonds is 12. The third-order valence-corrected chi connectivity index (χ3v) is 11.9. The summed E-state index contributed by atoms with van der Waals surface area (Å²) >= 11 is 0.116. The van der Waals surface area contributed by atoms with Gasteiger partial charge in [0.25, 0.3) is 0 Å². The number of allylic oxidation sites excluding steroid dienone is 2. The molecule has 0 fully saturated rings. The molecule has 0 amide bonds. The third kappa shape index (κ3) is 6.39. The van der Waals surface area contributed by atoms with Crippen molar-refractivity contribution in [2.75, 3.05) is 0 Å². The Morgan fingerprint density at radius 3 is 1.08 bits per heavy atom. The van der Waals surface area contributed by atoms with Crippen LogP contribution in [-0.2, 0) is 35.9 Å². The fourth-order valence-corrected chi connectivity index (χ4v) is 8.56. The number of hydrogen-bond acceptors (Lipinski definition) is 3. The first-order chi connectivity index (χ1) is 24.2. The van der Waals surface area contributed by atoms with Gasteiger partial charge in [-0.2, -0.15) is 0 Å². The van der Waals surface area contributed by atoms with E-state index in [1.165, 1.54) is 16.7 Å². The summed E-state index contributed by atoms with van der Waals surface area (Å²) in [6.07, 6.45) is 3.85. The van der Waals surface area contributed by atoms with E-state index in [2.05, 4.69) is 197 Å². The summed E-state index contributed by atoms with van der Waals surface area (Å²) in [5, 5.41) is 16.6. The van der Waals surface area contributed by atoms with Crippen LogP contribution in [0.2, 0.25) is 0 Å². The second kappa shape index (κ2) is 13.8. The van der Waals surface area contributed by atoms with E-state index in [-0.39, 0.29) is 31.2 Å². The zero-order chi connectivity index (χ0) is 36.6. The van der Waals surface area contributed by atoms with Crippen molar-refractivity contribution >= 4 is 0 Å². The predicted octanol–water partition coefficient (Wildman–Crippen LogP) is 9.63. The molecule has 0 saturated heterocycles. The quantitative estimate of drug-likeness (QED) is 0.0936. The third-order valence-electron chi connectivity index (χ3n) is 10.3. The minimum absolute atomic E-state index is 0.116. The maximum absolute atomic E-state index is 5.55. The average molecular weight is 718 g/mol. The number of aromatic nitrogens is 6. The SMILES string of the molecule is C=CC=[CH][Mn][C](n1nc(C(C)(C)c2ccccc2)cc1C)(n1nc(C(C)(C)c2ccccc2)cc1C)n1nc(C(C)(C)c2ccccc2)cc1C. The summed E-state index contributed by atoms with van der Waals surface area (Å²) in [5.41, 5.74) is 8.60. The summed E-state index contributed by atoms with van der Waals surface area (Å²) in [7, 11) is 0. The van der Waals surface area contributed by atoms with Crippen molar-refractivity contribution in [2.45, 2.75) is 83.2 Å². The Labute approximate surface area is 310 Å². The maximum atomic E-state index is 5.55. The molecule has 6 nitrogen and oxygen atoms in total. The molecule has 0 aliphatic carbocycles. The van der Waals surface area contributed by atoms with Gasteiger partial charge in [0.1, 0.15) is 0 Å². The van der Waals surface area contributed by atoms with E-state index in [0.717, 1.165) is 34.2 Å². The van der Waals surface area contributed by atoms with Crippen molar-refractivity contribution in [3.05, 3.63) is 184 Å². The molecule has 0 unspecified atom stereocenters. The van der Waals surface area contributed by atoms with E-state index in [0.29, 0.717) is 0 Å². The van der Waals surface area contributed by atoms with E-state index in [1.807, 2.05) is 12.2 Å². The van der Waals surface area contributed by atoms with Crippen molar-refractivity contribution < 1.29 is 15.0 Å². The topological polar surface area (TPSA) is 53.5 Å². The normalized spacial score (nSPS) is 12.9. The van der Waals surface area contributed by atoms with Crippen LogP contribution in [0.5, 0.6) is 0 Å². The standard InChI is InChI=1S/C40H45N6.C4H5.Mn/c1-28-25-34(38(4,5)31-19-13-10-14-20-31)41-44(28)37(45-29(2)26-35(42-45)39(6,7)32-21-15-11-16-22-32)46-30(3)27-36(43-46)40(8,9)33-23-17-12-18-24-33;1-3-4-2;/h10-27H,1-9H3;1,3-4H,2H2;. The number of aryl methyl sites for hydroxylation is 3. The molecule has 6 rings (SSSR count). The first-order valence-electron chi connectivity index (χ1n) is 17.6. The summed E-state index contributed by atoms with van der Waals surface area (Å²) in [6, 6.07) is 38.5. The molecule has 0 atom stereocenters. The fraction of sp³-hybridized carbons (Fsp3) is 0.295. The molecule has 0 bridgehead atoms. The molecular formula is C44H50MnN6. The van der Waals surface area contributed by atoms with Gasteiger partial charge in [0, 0.05) is 0 Å². The molecule has 7 heteroatoms. The van der Waals surface area contributed by atoms with Crippen LogP contribution in [0.4, 0.5) is 0 Å². The van der Waals surface area contributed by atoms with Gasteiger partial charge in [0.2, 0.25) is 0 Å². The van der Waals surface area contributed by atoms with Gasteiger partial charge < -0.3 is 0 Å².